The topological polar surface area (TPSA) is 21.9 Å². The molecule has 0 radical (unpaired) electrons. The minimum absolute atomic E-state index is 0.301. The molecule has 0 bridgehead atoms. The lowest BCUT2D eigenvalue weighted by molar-refractivity contribution is -0.633. The number of nitrogens with zero attached hydrogens (tertiary/aromatic N) is 2. The van der Waals surface area contributed by atoms with Gasteiger partial charge >= 0.3 is 0 Å². The molecule has 0 aliphatic rings. The zero-order valence-corrected chi connectivity index (χ0v) is 29.6. The Balaban J connectivity index is 1.41. The molecule has 3 nitrogen and oxygen atoms in total. The summed E-state index contributed by atoms with van der Waals surface area (Å²) < 4.78 is 11.9. The van der Waals surface area contributed by atoms with Gasteiger partial charge in [0.1, 0.15) is 16.8 Å². The summed E-state index contributed by atoms with van der Waals surface area (Å²) in [4.78, 5) is 0. The smallest absolute Gasteiger partial charge is 0.299 e. The Kier molecular flexibility index (Phi) is 6.96. The summed E-state index contributed by atoms with van der Waals surface area (Å²) in [6, 6.07) is 46.5. The zero-order valence-electron chi connectivity index (χ0n) is 29.6. The van der Waals surface area contributed by atoms with Crippen LogP contribution in [-0.4, -0.2) is 4.57 Å². The number of hydrogen-bond acceptors (Lipinski definition) is 1. The van der Waals surface area contributed by atoms with Gasteiger partial charge in [0.15, 0.2) is 16.6 Å². The maximum atomic E-state index is 6.99. The predicted molar refractivity (Wildman–Crippen MR) is 211 cm³/mol. The number of fused-ring (bicyclic) bond motifs is 8. The Bertz CT molecular complexity index is 2750. The second-order valence-corrected chi connectivity index (χ2v) is 14.4. The van der Waals surface area contributed by atoms with Gasteiger partial charge in [0.2, 0.25) is 0 Å². The molecule has 244 valence electrons. The monoisotopic (exact) mass is 649 g/mol. The van der Waals surface area contributed by atoms with Gasteiger partial charge in [-0.2, -0.15) is 4.57 Å². The largest absolute Gasteiger partial charge is 0.455 e. The number of furan rings is 1. The number of imidazole rings is 1. The summed E-state index contributed by atoms with van der Waals surface area (Å²) in [6.45, 7) is 11.5. The van der Waals surface area contributed by atoms with E-state index in [1.165, 1.54) is 71.5 Å². The lowest BCUT2D eigenvalue weighted by Crippen LogP contribution is -2.30. The molecule has 0 fully saturated rings. The molecule has 0 amide bonds. The van der Waals surface area contributed by atoms with Crippen molar-refractivity contribution >= 4 is 54.5 Å². The molecule has 9 rings (SSSR count). The number of hydrogen-bond donors (Lipinski definition) is 0. The highest BCUT2D eigenvalue weighted by molar-refractivity contribution is 6.24. The summed E-state index contributed by atoms with van der Waals surface area (Å²) in [5, 5.41) is 7.31. The molecule has 9 aromatic rings. The quantitative estimate of drug-likeness (QED) is 0.134. The maximum absolute atomic E-state index is 6.99. The average molecular weight is 650 g/mol. The van der Waals surface area contributed by atoms with E-state index in [1.54, 1.807) is 0 Å². The molecule has 2 aromatic heterocycles. The van der Waals surface area contributed by atoms with E-state index in [1.807, 2.05) is 0 Å². The number of rotatable bonds is 5. The number of aryl methyl sites for hydroxylation is 2. The standard InChI is InChI=1S/C47H41N2O/c1-28(2)38-26-33(31-14-8-7-9-15-31)27-39(29(3)4)45(38)49-41-19-13-12-18-40(41)48(6)47(49)43-30(5)20-22-37-44-36-23-21-32-16-10-11-17-34(32)35(36)24-25-42(44)50-46(37)43/h7-29H,1-6H3/q+1. The van der Waals surface area contributed by atoms with Crippen molar-refractivity contribution in [1.82, 2.24) is 4.57 Å². The molecule has 0 atom stereocenters. The summed E-state index contributed by atoms with van der Waals surface area (Å²) in [5.41, 5.74) is 13.0. The fourth-order valence-corrected chi connectivity index (χ4v) is 8.24. The highest BCUT2D eigenvalue weighted by Gasteiger charge is 2.34. The second kappa shape index (κ2) is 11.5. The van der Waals surface area contributed by atoms with E-state index >= 15 is 0 Å². The maximum Gasteiger partial charge on any atom is 0.299 e. The van der Waals surface area contributed by atoms with Gasteiger partial charge in [0.25, 0.3) is 5.82 Å². The van der Waals surface area contributed by atoms with Gasteiger partial charge in [0, 0.05) is 21.9 Å². The van der Waals surface area contributed by atoms with Crippen LogP contribution in [0.2, 0.25) is 0 Å². The van der Waals surface area contributed by atoms with Gasteiger partial charge in [-0.15, -0.1) is 0 Å². The van der Waals surface area contributed by atoms with Crippen LogP contribution in [0.5, 0.6) is 0 Å². The Labute approximate surface area is 293 Å². The minimum Gasteiger partial charge on any atom is -0.455 e. The van der Waals surface area contributed by atoms with Gasteiger partial charge in [-0.3, -0.25) is 0 Å². The van der Waals surface area contributed by atoms with Crippen molar-refractivity contribution in [1.29, 1.82) is 0 Å². The second-order valence-electron chi connectivity index (χ2n) is 14.4. The molecule has 0 saturated heterocycles. The first-order valence-electron chi connectivity index (χ1n) is 17.8. The molecule has 0 N–H and O–H groups in total. The predicted octanol–water partition coefficient (Wildman–Crippen LogP) is 12.6. The van der Waals surface area contributed by atoms with Crippen LogP contribution in [0.1, 0.15) is 56.2 Å². The molecule has 0 spiro atoms. The first-order valence-corrected chi connectivity index (χ1v) is 17.8. The first kappa shape index (κ1) is 30.4. The molecule has 0 aliphatic heterocycles. The van der Waals surface area contributed by atoms with Crippen molar-refractivity contribution in [2.24, 2.45) is 7.05 Å². The Morgan fingerprint density at radius 2 is 1.26 bits per heavy atom. The van der Waals surface area contributed by atoms with Gasteiger partial charge in [-0.05, 0) is 87.3 Å². The van der Waals surface area contributed by atoms with Crippen LogP contribution in [0.4, 0.5) is 0 Å². The Morgan fingerprint density at radius 1 is 0.600 bits per heavy atom. The van der Waals surface area contributed by atoms with Crippen LogP contribution in [0.3, 0.4) is 0 Å². The van der Waals surface area contributed by atoms with E-state index < -0.39 is 0 Å². The van der Waals surface area contributed by atoms with Crippen LogP contribution in [0.15, 0.2) is 132 Å². The normalized spacial score (nSPS) is 12.2. The van der Waals surface area contributed by atoms with Crippen molar-refractivity contribution in [3.8, 4) is 28.2 Å². The SMILES string of the molecule is Cc1ccc2c(oc3ccc4c5ccccc5ccc4c32)c1-c1n(-c2c(C(C)C)cc(-c3ccccc3)cc2C(C)C)c2ccccc2[n+]1C. The summed E-state index contributed by atoms with van der Waals surface area (Å²) in [5.74, 6) is 1.73. The lowest BCUT2D eigenvalue weighted by atomic mass is 9.88. The Morgan fingerprint density at radius 3 is 2.02 bits per heavy atom. The van der Waals surface area contributed by atoms with Crippen LogP contribution < -0.4 is 4.57 Å². The van der Waals surface area contributed by atoms with Gasteiger partial charge in [-0.1, -0.05) is 125 Å². The minimum atomic E-state index is 0.301. The molecule has 2 heterocycles. The summed E-state index contributed by atoms with van der Waals surface area (Å²) in [7, 11) is 2.21. The number of aromatic nitrogens is 2. The van der Waals surface area contributed by atoms with E-state index in [4.69, 9.17) is 4.42 Å². The molecular formula is C47H41N2O+. The van der Waals surface area contributed by atoms with Crippen molar-refractivity contribution in [2.45, 2.75) is 46.5 Å². The van der Waals surface area contributed by atoms with E-state index in [0.29, 0.717) is 11.8 Å². The van der Waals surface area contributed by atoms with Crippen LogP contribution in [0.25, 0.3) is 82.7 Å². The van der Waals surface area contributed by atoms with Crippen LogP contribution in [-0.2, 0) is 7.05 Å². The van der Waals surface area contributed by atoms with E-state index in [0.717, 1.165) is 27.9 Å². The molecule has 3 heteroatoms. The molecule has 7 aromatic carbocycles. The summed E-state index contributed by atoms with van der Waals surface area (Å²) in [6.07, 6.45) is 0. The number of para-hydroxylation sites is 2. The third-order valence-electron chi connectivity index (χ3n) is 10.7. The zero-order chi connectivity index (χ0) is 34.3. The van der Waals surface area contributed by atoms with E-state index in [-0.39, 0.29) is 0 Å². The average Bonchev–Trinajstić information content (AvgIpc) is 3.66. The molecule has 0 aliphatic carbocycles. The molecule has 50 heavy (non-hydrogen) atoms. The van der Waals surface area contributed by atoms with Crippen molar-refractivity contribution in [2.75, 3.05) is 0 Å². The third-order valence-corrected chi connectivity index (χ3v) is 10.7. The van der Waals surface area contributed by atoms with Gasteiger partial charge < -0.3 is 4.42 Å². The van der Waals surface area contributed by atoms with Crippen LogP contribution in [0, 0.1) is 6.92 Å². The third kappa shape index (κ3) is 4.46. The number of benzene rings is 7. The van der Waals surface area contributed by atoms with Gasteiger partial charge in [-0.25, -0.2) is 4.57 Å². The van der Waals surface area contributed by atoms with Crippen molar-refractivity contribution < 1.29 is 8.98 Å². The first-order chi connectivity index (χ1) is 24.3. The molecule has 0 saturated carbocycles. The Hall–Kier alpha value is -5.67. The molecule has 0 unspecified atom stereocenters. The van der Waals surface area contributed by atoms with Gasteiger partial charge in [0.05, 0.1) is 7.05 Å². The lowest BCUT2D eigenvalue weighted by Gasteiger charge is -2.21. The van der Waals surface area contributed by atoms with E-state index in [9.17, 15) is 0 Å². The fourth-order valence-electron chi connectivity index (χ4n) is 8.24. The highest BCUT2D eigenvalue weighted by Crippen LogP contribution is 2.44. The fraction of sp³-hybridized carbons (Fsp3) is 0.170. The van der Waals surface area contributed by atoms with Crippen molar-refractivity contribution in [3.63, 3.8) is 0 Å². The summed E-state index contributed by atoms with van der Waals surface area (Å²) >= 11 is 0. The highest BCUT2D eigenvalue weighted by atomic mass is 16.3. The molecular weight excluding hydrogens is 609 g/mol. The van der Waals surface area contributed by atoms with Crippen LogP contribution >= 0.6 is 0 Å². The van der Waals surface area contributed by atoms with Crippen molar-refractivity contribution in [3.05, 3.63) is 144 Å². The van der Waals surface area contributed by atoms with E-state index in [2.05, 4.69) is 178 Å².